The van der Waals surface area contributed by atoms with Crippen molar-refractivity contribution < 1.29 is 37.9 Å². The molecule has 324 valence electrons. The molecule has 1 aliphatic heterocycles. The van der Waals surface area contributed by atoms with Gasteiger partial charge in [0.05, 0.1) is 33.9 Å². The van der Waals surface area contributed by atoms with Crippen LogP contribution in [0.4, 0.5) is 0 Å². The maximum absolute atomic E-state index is 13.3. The van der Waals surface area contributed by atoms with Crippen LogP contribution in [0.25, 0.3) is 0 Å². The Morgan fingerprint density at radius 1 is 0.885 bits per heavy atom. The summed E-state index contributed by atoms with van der Waals surface area (Å²) in [5.41, 5.74) is 0.565. The SMILES string of the molecule is COc1ccc(C(OC[C@H]2O[C@@H](n3cc(C)c(=O)[nH]c3=O)C[C@]2(O)OP(OCCNC(=O)c2ccccc2)N(C(C)C)C(C)C)(c2ccccc2)c2ccc(OC)cc2)cc1. The number of nitrogens with zero attached hydrogens (tertiary/aromatic N) is 2. The van der Waals surface area contributed by atoms with Crippen molar-refractivity contribution >= 4 is 14.4 Å². The molecule has 1 amide bonds. The quantitative estimate of drug-likeness (QED) is 0.0353. The van der Waals surface area contributed by atoms with E-state index in [2.05, 4.69) is 10.3 Å². The van der Waals surface area contributed by atoms with Crippen LogP contribution >= 0.6 is 8.53 Å². The highest BCUT2D eigenvalue weighted by molar-refractivity contribution is 7.44. The number of aromatic amines is 1. The van der Waals surface area contributed by atoms with E-state index in [0.29, 0.717) is 17.1 Å². The van der Waals surface area contributed by atoms with Crippen LogP contribution in [0.2, 0.25) is 0 Å². The molecule has 0 spiro atoms. The number of hydrogen-bond donors (Lipinski definition) is 3. The van der Waals surface area contributed by atoms with Gasteiger partial charge >= 0.3 is 5.69 Å². The Morgan fingerprint density at radius 3 is 1.97 bits per heavy atom. The molecule has 14 nitrogen and oxygen atoms in total. The topological polar surface area (TPSA) is 163 Å². The fraction of sp³-hybridized carbons (Fsp3) is 0.370. The summed E-state index contributed by atoms with van der Waals surface area (Å²) in [6.07, 6.45) is -1.12. The number of aromatic nitrogens is 2. The average Bonchev–Trinajstić information content (AvgIpc) is 3.59. The molecule has 1 aromatic heterocycles. The number of amides is 1. The van der Waals surface area contributed by atoms with Gasteiger partial charge in [0.1, 0.15) is 29.4 Å². The number of benzene rings is 4. The van der Waals surface area contributed by atoms with Crippen LogP contribution in [0.1, 0.15) is 73.0 Å². The lowest BCUT2D eigenvalue weighted by atomic mass is 9.80. The van der Waals surface area contributed by atoms with Crippen molar-refractivity contribution in [3.05, 3.63) is 164 Å². The first-order valence-electron chi connectivity index (χ1n) is 20.2. The molecular weight excluding hydrogens is 799 g/mol. The highest BCUT2D eigenvalue weighted by Gasteiger charge is 2.54. The molecule has 4 aromatic carbocycles. The minimum absolute atomic E-state index is 0.0619. The maximum atomic E-state index is 13.3. The Hall–Kier alpha value is -5.18. The average molecular weight is 855 g/mol. The Balaban J connectivity index is 1.40. The third-order valence-corrected chi connectivity index (χ3v) is 12.7. The van der Waals surface area contributed by atoms with Crippen LogP contribution in [0.15, 0.2) is 125 Å². The lowest BCUT2D eigenvalue weighted by Crippen LogP contribution is -2.47. The summed E-state index contributed by atoms with van der Waals surface area (Å²) in [4.78, 5) is 40.9. The number of carbonyl (C=O) groups excluding carboxylic acids is 1. The smallest absolute Gasteiger partial charge is 0.330 e. The molecule has 0 saturated carbocycles. The van der Waals surface area contributed by atoms with Crippen molar-refractivity contribution in [2.24, 2.45) is 0 Å². The van der Waals surface area contributed by atoms with Crippen LogP contribution < -0.4 is 26.0 Å². The lowest BCUT2D eigenvalue weighted by molar-refractivity contribution is -0.201. The van der Waals surface area contributed by atoms with Crippen LogP contribution in [-0.4, -0.2) is 83.2 Å². The van der Waals surface area contributed by atoms with Gasteiger partial charge in [0.2, 0.25) is 5.79 Å². The maximum Gasteiger partial charge on any atom is 0.330 e. The summed E-state index contributed by atoms with van der Waals surface area (Å²) in [6, 6.07) is 33.5. The Bertz CT molecular complexity index is 2250. The fourth-order valence-corrected chi connectivity index (χ4v) is 9.20. The number of nitrogens with one attached hydrogen (secondary N) is 2. The van der Waals surface area contributed by atoms with Gasteiger partial charge in [-0.05, 0) is 87.7 Å². The minimum Gasteiger partial charge on any atom is -0.497 e. The molecule has 1 fully saturated rings. The molecule has 61 heavy (non-hydrogen) atoms. The molecule has 0 bridgehead atoms. The number of ether oxygens (including phenoxy) is 4. The summed E-state index contributed by atoms with van der Waals surface area (Å²) < 4.78 is 41.3. The van der Waals surface area contributed by atoms with Crippen LogP contribution in [-0.2, 0) is 24.1 Å². The second-order valence-corrected chi connectivity index (χ2v) is 16.7. The molecule has 1 aliphatic rings. The van der Waals surface area contributed by atoms with Crippen molar-refractivity contribution in [1.29, 1.82) is 0 Å². The van der Waals surface area contributed by atoms with Crippen molar-refractivity contribution in [1.82, 2.24) is 19.5 Å². The third kappa shape index (κ3) is 10.3. The van der Waals surface area contributed by atoms with E-state index in [4.69, 9.17) is 28.0 Å². The first-order valence-corrected chi connectivity index (χ1v) is 21.3. The van der Waals surface area contributed by atoms with E-state index in [1.54, 1.807) is 45.4 Å². The van der Waals surface area contributed by atoms with E-state index in [9.17, 15) is 19.5 Å². The first-order chi connectivity index (χ1) is 29.3. The zero-order valence-corrected chi connectivity index (χ0v) is 36.5. The van der Waals surface area contributed by atoms with E-state index in [1.807, 2.05) is 117 Å². The van der Waals surface area contributed by atoms with Crippen molar-refractivity contribution in [2.45, 2.75) is 76.8 Å². The largest absolute Gasteiger partial charge is 0.497 e. The van der Waals surface area contributed by atoms with Crippen LogP contribution in [0.3, 0.4) is 0 Å². The Labute approximate surface area is 357 Å². The molecule has 1 unspecified atom stereocenters. The molecule has 2 heterocycles. The standard InChI is InChI=1S/C46H55N4O10P/c1-31(2)50(32(3)4)61(58-27-26-47-43(52)34-14-10-8-11-15-34)60-45(54)28-41(49-29-33(5)42(51)48-44(49)53)59-40(45)30-57-46(35-16-12-9-13-17-35,36-18-22-38(55-6)23-19-36)37-20-24-39(56-7)25-21-37/h8-25,29,31-32,40-41,54H,26-28,30H2,1-7H3,(H,47,52)(H,48,51,53)/t40-,41-,45+,61?/m1/s1. The summed E-state index contributed by atoms with van der Waals surface area (Å²) >= 11 is 0. The number of H-pyrrole nitrogens is 1. The molecule has 4 atom stereocenters. The molecule has 5 aromatic rings. The van der Waals surface area contributed by atoms with Gasteiger partial charge in [0.25, 0.3) is 20.0 Å². The van der Waals surface area contributed by atoms with Gasteiger partial charge in [-0.2, -0.15) is 0 Å². The Kier molecular flexibility index (Phi) is 15.0. The second-order valence-electron chi connectivity index (χ2n) is 15.3. The number of carbonyl (C=O) groups is 1. The number of hydrogen-bond acceptors (Lipinski definition) is 11. The van der Waals surface area contributed by atoms with Crippen LogP contribution in [0, 0.1) is 6.92 Å². The van der Waals surface area contributed by atoms with Crippen molar-refractivity contribution in [3.8, 4) is 11.5 Å². The van der Waals surface area contributed by atoms with Crippen molar-refractivity contribution in [2.75, 3.05) is 34.0 Å². The van der Waals surface area contributed by atoms with Gasteiger partial charge in [-0.1, -0.05) is 72.8 Å². The molecule has 3 N–H and O–H groups in total. The monoisotopic (exact) mass is 854 g/mol. The predicted molar refractivity (Wildman–Crippen MR) is 233 cm³/mol. The summed E-state index contributed by atoms with van der Waals surface area (Å²) in [7, 11) is 1.16. The zero-order chi connectivity index (χ0) is 43.7. The van der Waals surface area contributed by atoms with Crippen LogP contribution in [0.5, 0.6) is 11.5 Å². The predicted octanol–water partition coefficient (Wildman–Crippen LogP) is 6.66. The van der Waals surface area contributed by atoms with Gasteiger partial charge in [0.15, 0.2) is 0 Å². The van der Waals surface area contributed by atoms with Gasteiger partial charge in [-0.25, -0.2) is 9.46 Å². The summed E-state index contributed by atoms with van der Waals surface area (Å²) in [5.74, 6) is -1.06. The minimum atomic E-state index is -2.11. The molecular formula is C46H55N4O10P. The lowest BCUT2D eigenvalue weighted by Gasteiger charge is -2.41. The zero-order valence-electron chi connectivity index (χ0n) is 35.6. The van der Waals surface area contributed by atoms with Gasteiger partial charge in [-0.3, -0.25) is 23.7 Å². The molecule has 6 rings (SSSR count). The summed E-state index contributed by atoms with van der Waals surface area (Å²) in [6.45, 7) is 9.55. The van der Waals surface area contributed by atoms with E-state index in [0.717, 1.165) is 16.7 Å². The van der Waals surface area contributed by atoms with E-state index in [1.165, 1.54) is 10.8 Å². The summed E-state index contributed by atoms with van der Waals surface area (Å²) in [5, 5.41) is 15.8. The third-order valence-electron chi connectivity index (χ3n) is 10.5. The fourth-order valence-electron chi connectivity index (χ4n) is 7.46. The number of aliphatic hydroxyl groups is 1. The van der Waals surface area contributed by atoms with E-state index in [-0.39, 0.29) is 49.7 Å². The number of aryl methyl sites for hydroxylation is 1. The highest BCUT2D eigenvalue weighted by Crippen LogP contribution is 2.53. The van der Waals surface area contributed by atoms with Crippen molar-refractivity contribution in [3.63, 3.8) is 0 Å². The molecule has 0 radical (unpaired) electrons. The Morgan fingerprint density at radius 2 is 1.43 bits per heavy atom. The van der Waals surface area contributed by atoms with Gasteiger partial charge in [-0.15, -0.1) is 0 Å². The molecule has 0 aliphatic carbocycles. The number of rotatable bonds is 19. The second kappa shape index (κ2) is 20.1. The number of methoxy groups -OCH3 is 2. The molecule has 15 heteroatoms. The van der Waals surface area contributed by atoms with Gasteiger partial charge in [0, 0.05) is 36.0 Å². The normalized spacial score (nSPS) is 18.4. The van der Waals surface area contributed by atoms with E-state index >= 15 is 0 Å². The molecule has 1 saturated heterocycles. The van der Waals surface area contributed by atoms with E-state index < -0.39 is 43.5 Å². The first kappa shape index (κ1) is 45.3. The highest BCUT2D eigenvalue weighted by atomic mass is 31.2. The van der Waals surface area contributed by atoms with Gasteiger partial charge < -0.3 is 33.9 Å².